The summed E-state index contributed by atoms with van der Waals surface area (Å²) in [7, 11) is 0. The summed E-state index contributed by atoms with van der Waals surface area (Å²) in [6.07, 6.45) is 65.7. The largest absolute Gasteiger partial charge is 0.462 e. The first-order chi connectivity index (χ1) is 32.5. The van der Waals surface area contributed by atoms with Crippen LogP contribution >= 0.6 is 0 Å². The zero-order valence-corrected chi connectivity index (χ0v) is 44.2. The fourth-order valence-electron chi connectivity index (χ4n) is 8.51. The number of hydrogen-bond acceptors (Lipinski definition) is 6. The molecule has 0 saturated carbocycles. The molecule has 0 aliphatic heterocycles. The molecule has 0 heterocycles. The van der Waals surface area contributed by atoms with Crippen LogP contribution in [-0.2, 0) is 28.6 Å². The summed E-state index contributed by atoms with van der Waals surface area (Å²) in [6, 6.07) is 0. The van der Waals surface area contributed by atoms with Crippen molar-refractivity contribution in [1.82, 2.24) is 0 Å². The van der Waals surface area contributed by atoms with Crippen molar-refractivity contribution >= 4 is 17.9 Å². The molecule has 0 aliphatic rings. The van der Waals surface area contributed by atoms with Crippen LogP contribution in [0.5, 0.6) is 0 Å². The number of allylic oxidation sites excluding steroid dienone is 6. The van der Waals surface area contributed by atoms with Crippen LogP contribution in [0.1, 0.15) is 310 Å². The van der Waals surface area contributed by atoms with E-state index in [1.807, 2.05) is 0 Å². The van der Waals surface area contributed by atoms with E-state index < -0.39 is 6.10 Å². The Labute approximate surface area is 410 Å². The van der Waals surface area contributed by atoms with Gasteiger partial charge in [-0.25, -0.2) is 0 Å². The van der Waals surface area contributed by atoms with E-state index in [9.17, 15) is 14.4 Å². The molecule has 0 fully saturated rings. The van der Waals surface area contributed by atoms with Gasteiger partial charge in [-0.1, -0.05) is 269 Å². The Kier molecular flexibility index (Phi) is 53.2. The molecule has 0 aliphatic carbocycles. The number of rotatable bonds is 53. The molecule has 0 spiro atoms. The zero-order valence-electron chi connectivity index (χ0n) is 44.2. The first kappa shape index (κ1) is 63.6. The van der Waals surface area contributed by atoms with Gasteiger partial charge in [-0.2, -0.15) is 0 Å². The second-order valence-corrected chi connectivity index (χ2v) is 19.6. The van der Waals surface area contributed by atoms with Crippen molar-refractivity contribution in [3.05, 3.63) is 36.5 Å². The van der Waals surface area contributed by atoms with Gasteiger partial charge >= 0.3 is 17.9 Å². The molecule has 0 aromatic carbocycles. The Balaban J connectivity index is 4.30. The van der Waals surface area contributed by atoms with E-state index >= 15 is 0 Å². The minimum Gasteiger partial charge on any atom is -0.462 e. The van der Waals surface area contributed by atoms with Crippen molar-refractivity contribution < 1.29 is 28.6 Å². The molecule has 0 N–H and O–H groups in total. The van der Waals surface area contributed by atoms with E-state index in [0.29, 0.717) is 19.3 Å². The van der Waals surface area contributed by atoms with Crippen molar-refractivity contribution in [3.63, 3.8) is 0 Å². The lowest BCUT2D eigenvalue weighted by atomic mass is 10.0. The minimum absolute atomic E-state index is 0.0793. The van der Waals surface area contributed by atoms with Gasteiger partial charge in [0.2, 0.25) is 0 Å². The Hall–Kier alpha value is -2.37. The maximum Gasteiger partial charge on any atom is 0.306 e. The van der Waals surface area contributed by atoms with E-state index in [1.54, 1.807) is 0 Å². The lowest BCUT2D eigenvalue weighted by Gasteiger charge is -2.18. The van der Waals surface area contributed by atoms with Crippen molar-refractivity contribution in [2.24, 2.45) is 0 Å². The minimum atomic E-state index is -0.782. The number of unbranched alkanes of at least 4 members (excludes halogenated alkanes) is 36. The van der Waals surface area contributed by atoms with E-state index in [1.165, 1.54) is 199 Å². The molecule has 0 aromatic rings. The van der Waals surface area contributed by atoms with Crippen molar-refractivity contribution in [2.45, 2.75) is 316 Å². The van der Waals surface area contributed by atoms with Gasteiger partial charge in [0.15, 0.2) is 6.10 Å². The lowest BCUT2D eigenvalue weighted by Crippen LogP contribution is -2.30. The summed E-state index contributed by atoms with van der Waals surface area (Å²) >= 11 is 0. The maximum absolute atomic E-state index is 12.8. The summed E-state index contributed by atoms with van der Waals surface area (Å²) in [6.45, 7) is 6.62. The third-order valence-corrected chi connectivity index (χ3v) is 12.9. The van der Waals surface area contributed by atoms with Crippen molar-refractivity contribution in [1.29, 1.82) is 0 Å². The fraction of sp³-hybridized carbons (Fsp3) is 0.850. The number of hydrogen-bond donors (Lipinski definition) is 0. The first-order valence-electron chi connectivity index (χ1n) is 29.0. The van der Waals surface area contributed by atoms with Crippen LogP contribution in [0.3, 0.4) is 0 Å². The second-order valence-electron chi connectivity index (χ2n) is 19.6. The molecule has 0 unspecified atom stereocenters. The van der Waals surface area contributed by atoms with Gasteiger partial charge in [0.1, 0.15) is 13.2 Å². The second kappa shape index (κ2) is 55.2. The molecule has 6 heteroatoms. The monoisotopic (exact) mass is 927 g/mol. The molecule has 0 radical (unpaired) electrons. The Morgan fingerprint density at radius 2 is 0.545 bits per heavy atom. The van der Waals surface area contributed by atoms with E-state index in [2.05, 4.69) is 57.2 Å². The van der Waals surface area contributed by atoms with Gasteiger partial charge in [-0.15, -0.1) is 0 Å². The Morgan fingerprint density at radius 3 is 0.879 bits per heavy atom. The molecule has 0 saturated heterocycles. The molecule has 0 bridgehead atoms. The highest BCUT2D eigenvalue weighted by Gasteiger charge is 2.19. The lowest BCUT2D eigenvalue weighted by molar-refractivity contribution is -0.167. The summed E-state index contributed by atoms with van der Waals surface area (Å²) in [5.74, 6) is -0.902. The fourth-order valence-corrected chi connectivity index (χ4v) is 8.51. The Bertz CT molecular complexity index is 1110. The maximum atomic E-state index is 12.8. The molecule has 0 aromatic heterocycles. The van der Waals surface area contributed by atoms with Crippen molar-refractivity contribution in [3.8, 4) is 0 Å². The van der Waals surface area contributed by atoms with E-state index in [-0.39, 0.29) is 31.1 Å². The number of carbonyl (C=O) groups excluding carboxylic acids is 3. The van der Waals surface area contributed by atoms with Crippen LogP contribution in [0.2, 0.25) is 0 Å². The summed E-state index contributed by atoms with van der Waals surface area (Å²) in [5.41, 5.74) is 0. The predicted octanol–water partition coefficient (Wildman–Crippen LogP) is 19.3. The molecule has 1 atom stereocenters. The highest BCUT2D eigenvalue weighted by atomic mass is 16.6. The predicted molar refractivity (Wildman–Crippen MR) is 284 cm³/mol. The first-order valence-corrected chi connectivity index (χ1v) is 29.0. The van der Waals surface area contributed by atoms with E-state index in [4.69, 9.17) is 14.2 Å². The molecule has 6 nitrogen and oxygen atoms in total. The van der Waals surface area contributed by atoms with Gasteiger partial charge in [0.25, 0.3) is 0 Å². The van der Waals surface area contributed by atoms with Crippen LogP contribution in [0, 0.1) is 0 Å². The molecular weight excluding hydrogens is 817 g/mol. The number of esters is 3. The van der Waals surface area contributed by atoms with Crippen LogP contribution in [0.25, 0.3) is 0 Å². The molecular formula is C60H110O6. The summed E-state index contributed by atoms with van der Waals surface area (Å²) in [5, 5.41) is 0. The number of ether oxygens (including phenoxy) is 3. The third-order valence-electron chi connectivity index (χ3n) is 12.9. The summed E-state index contributed by atoms with van der Waals surface area (Å²) in [4.78, 5) is 38.1. The average molecular weight is 928 g/mol. The molecule has 66 heavy (non-hydrogen) atoms. The molecule has 0 rings (SSSR count). The smallest absolute Gasteiger partial charge is 0.306 e. The third kappa shape index (κ3) is 52.6. The normalized spacial score (nSPS) is 12.2. The topological polar surface area (TPSA) is 78.9 Å². The van der Waals surface area contributed by atoms with Crippen molar-refractivity contribution in [2.75, 3.05) is 13.2 Å². The van der Waals surface area contributed by atoms with Crippen LogP contribution in [0.4, 0.5) is 0 Å². The molecule has 0 amide bonds. The van der Waals surface area contributed by atoms with Crippen LogP contribution < -0.4 is 0 Å². The summed E-state index contributed by atoms with van der Waals surface area (Å²) < 4.78 is 16.8. The zero-order chi connectivity index (χ0) is 47.9. The Morgan fingerprint density at radius 1 is 0.303 bits per heavy atom. The highest BCUT2D eigenvalue weighted by molar-refractivity contribution is 5.71. The highest BCUT2D eigenvalue weighted by Crippen LogP contribution is 2.17. The number of carbonyl (C=O) groups is 3. The quantitative estimate of drug-likeness (QED) is 0.0262. The standard InChI is InChI=1S/C60H110O6/c1-4-7-10-13-16-19-22-25-27-28-29-30-31-32-34-36-39-41-44-47-50-53-59(62)65-56-57(66-60(63)54-51-48-45-42-37-24-21-18-15-12-9-6-3)55-64-58(61)52-49-46-43-40-38-35-33-26-23-20-17-14-11-8-5-2/h17,20,26,33,38,40,57H,4-16,18-19,21-25,27-32,34-37,39,41-56H2,1-3H3/b20-17-,33-26-,40-38-/t57-/m1/s1. The van der Waals surface area contributed by atoms with E-state index in [0.717, 1.165) is 70.6 Å². The average Bonchev–Trinajstić information content (AvgIpc) is 3.31. The van der Waals surface area contributed by atoms with Gasteiger partial charge < -0.3 is 14.2 Å². The van der Waals surface area contributed by atoms with Gasteiger partial charge in [-0.05, 0) is 57.8 Å². The van der Waals surface area contributed by atoms with Gasteiger partial charge in [-0.3, -0.25) is 14.4 Å². The van der Waals surface area contributed by atoms with Gasteiger partial charge in [0, 0.05) is 19.3 Å². The SMILES string of the molecule is CCCCC/C=C\C/C=C\C/C=C\CCCCC(=O)OC[C@H](COC(=O)CCCCCCCCCCCCCCCCCCCCCCC)OC(=O)CCCCCCCCCCCCCC. The van der Waals surface area contributed by atoms with Gasteiger partial charge in [0.05, 0.1) is 0 Å². The van der Waals surface area contributed by atoms with Crippen LogP contribution in [-0.4, -0.2) is 37.2 Å². The molecule has 386 valence electrons. The van der Waals surface area contributed by atoms with Crippen LogP contribution in [0.15, 0.2) is 36.5 Å².